The molecule has 1 aliphatic rings. The van der Waals surface area contributed by atoms with Gasteiger partial charge < -0.3 is 15.0 Å². The van der Waals surface area contributed by atoms with Crippen molar-refractivity contribution in [3.8, 4) is 0 Å². The molecule has 26 heavy (non-hydrogen) atoms. The maximum absolute atomic E-state index is 5.50. The molecule has 5 nitrogen and oxygen atoms in total. The van der Waals surface area contributed by atoms with Crippen molar-refractivity contribution in [2.75, 3.05) is 46.9 Å². The Kier molecular flexibility index (Phi) is 10.5. The molecular weight excluding hydrogens is 439 g/mol. The normalized spacial score (nSPS) is 16.9. The van der Waals surface area contributed by atoms with Crippen LogP contribution in [0.15, 0.2) is 29.3 Å². The predicted molar refractivity (Wildman–Crippen MR) is 120 cm³/mol. The van der Waals surface area contributed by atoms with Gasteiger partial charge in [0.25, 0.3) is 0 Å². The number of rotatable bonds is 6. The fourth-order valence-corrected chi connectivity index (χ4v) is 3.39. The Morgan fingerprint density at radius 2 is 1.92 bits per heavy atom. The largest absolute Gasteiger partial charge is 0.379 e. The van der Waals surface area contributed by atoms with Crippen LogP contribution >= 0.6 is 24.0 Å². The van der Waals surface area contributed by atoms with Gasteiger partial charge in [-0.2, -0.15) is 0 Å². The molecule has 1 aromatic carbocycles. The number of aliphatic imine (C=N–C) groups is 1. The first-order valence-corrected chi connectivity index (χ1v) is 9.31. The lowest BCUT2D eigenvalue weighted by Gasteiger charge is -2.37. The first-order valence-electron chi connectivity index (χ1n) is 9.31. The van der Waals surface area contributed by atoms with E-state index in [-0.39, 0.29) is 24.0 Å². The zero-order chi connectivity index (χ0) is 18.2. The Morgan fingerprint density at radius 3 is 2.50 bits per heavy atom. The topological polar surface area (TPSA) is 40.1 Å². The third kappa shape index (κ3) is 6.70. The Hall–Kier alpha value is -0.860. The van der Waals surface area contributed by atoms with Crippen LogP contribution in [0.25, 0.3) is 0 Å². The van der Waals surface area contributed by atoms with Gasteiger partial charge in [0, 0.05) is 46.3 Å². The monoisotopic (exact) mass is 474 g/mol. The predicted octanol–water partition coefficient (Wildman–Crippen LogP) is 2.98. The molecule has 1 saturated heterocycles. The number of hydrogen-bond donors (Lipinski definition) is 1. The van der Waals surface area contributed by atoms with Crippen LogP contribution in [0, 0.1) is 12.8 Å². The van der Waals surface area contributed by atoms with Gasteiger partial charge in [-0.3, -0.25) is 9.89 Å². The second-order valence-electron chi connectivity index (χ2n) is 7.17. The molecule has 0 saturated carbocycles. The summed E-state index contributed by atoms with van der Waals surface area (Å²) in [6, 6.07) is 9.02. The molecule has 2 rings (SSSR count). The molecule has 6 heteroatoms. The van der Waals surface area contributed by atoms with E-state index in [0.717, 1.165) is 45.4 Å². The van der Waals surface area contributed by atoms with E-state index in [2.05, 4.69) is 72.2 Å². The number of aryl methyl sites for hydroxylation is 1. The van der Waals surface area contributed by atoms with Crippen molar-refractivity contribution in [3.63, 3.8) is 0 Å². The highest BCUT2D eigenvalue weighted by Gasteiger charge is 2.24. The zero-order valence-corrected chi connectivity index (χ0v) is 19.2. The minimum Gasteiger partial charge on any atom is -0.379 e. The average molecular weight is 474 g/mol. The van der Waals surface area contributed by atoms with E-state index >= 15 is 0 Å². The third-order valence-corrected chi connectivity index (χ3v) is 5.00. The molecule has 148 valence electrons. The molecule has 0 spiro atoms. The SMILES string of the molecule is CN=C(NCC(C(C)C)N1CCOCC1)N(C)Cc1ccccc1C.I. The Labute approximate surface area is 176 Å². The first kappa shape index (κ1) is 23.2. The van der Waals surface area contributed by atoms with Crippen LogP contribution in [-0.4, -0.2) is 68.7 Å². The molecule has 0 bridgehead atoms. The summed E-state index contributed by atoms with van der Waals surface area (Å²) < 4.78 is 5.50. The molecule has 1 fully saturated rings. The Morgan fingerprint density at radius 1 is 1.27 bits per heavy atom. The van der Waals surface area contributed by atoms with Gasteiger partial charge in [0.15, 0.2) is 5.96 Å². The molecule has 0 aromatic heterocycles. The second-order valence-corrected chi connectivity index (χ2v) is 7.17. The van der Waals surface area contributed by atoms with Crippen molar-refractivity contribution in [2.45, 2.75) is 33.4 Å². The minimum atomic E-state index is 0. The maximum Gasteiger partial charge on any atom is 0.193 e. The van der Waals surface area contributed by atoms with E-state index in [9.17, 15) is 0 Å². The number of hydrogen-bond acceptors (Lipinski definition) is 3. The number of morpholine rings is 1. The van der Waals surface area contributed by atoms with Gasteiger partial charge in [0.1, 0.15) is 0 Å². The van der Waals surface area contributed by atoms with Gasteiger partial charge in [0.05, 0.1) is 13.2 Å². The van der Waals surface area contributed by atoms with Crippen LogP contribution in [-0.2, 0) is 11.3 Å². The molecule has 1 aliphatic heterocycles. The average Bonchev–Trinajstić information content (AvgIpc) is 2.61. The smallest absolute Gasteiger partial charge is 0.193 e. The van der Waals surface area contributed by atoms with Crippen LogP contribution in [0.1, 0.15) is 25.0 Å². The molecule has 1 unspecified atom stereocenters. The quantitative estimate of drug-likeness (QED) is 0.391. The van der Waals surface area contributed by atoms with Gasteiger partial charge in [-0.05, 0) is 24.0 Å². The highest BCUT2D eigenvalue weighted by atomic mass is 127. The van der Waals surface area contributed by atoms with Crippen molar-refractivity contribution in [1.29, 1.82) is 0 Å². The highest BCUT2D eigenvalue weighted by molar-refractivity contribution is 14.0. The molecule has 0 amide bonds. The van der Waals surface area contributed by atoms with Crippen LogP contribution in [0.2, 0.25) is 0 Å². The van der Waals surface area contributed by atoms with Crippen molar-refractivity contribution >= 4 is 29.9 Å². The Bertz CT molecular complexity index is 558. The zero-order valence-electron chi connectivity index (χ0n) is 16.9. The van der Waals surface area contributed by atoms with E-state index in [4.69, 9.17) is 4.74 Å². The van der Waals surface area contributed by atoms with Crippen LogP contribution in [0.4, 0.5) is 0 Å². The molecule has 1 N–H and O–H groups in total. The van der Waals surface area contributed by atoms with Gasteiger partial charge in [-0.15, -0.1) is 24.0 Å². The van der Waals surface area contributed by atoms with Gasteiger partial charge in [-0.25, -0.2) is 0 Å². The van der Waals surface area contributed by atoms with Crippen LogP contribution in [0.5, 0.6) is 0 Å². The van der Waals surface area contributed by atoms with Crippen molar-refractivity contribution in [1.82, 2.24) is 15.1 Å². The van der Waals surface area contributed by atoms with Crippen molar-refractivity contribution in [3.05, 3.63) is 35.4 Å². The molecular formula is C20H35IN4O. The summed E-state index contributed by atoms with van der Waals surface area (Å²) in [5.41, 5.74) is 2.65. The fourth-order valence-electron chi connectivity index (χ4n) is 3.39. The summed E-state index contributed by atoms with van der Waals surface area (Å²) in [4.78, 5) is 9.21. The van der Waals surface area contributed by atoms with Gasteiger partial charge >= 0.3 is 0 Å². The number of nitrogens with one attached hydrogen (secondary N) is 1. The number of benzene rings is 1. The molecule has 0 radical (unpaired) electrons. The lowest BCUT2D eigenvalue weighted by Crippen LogP contribution is -2.52. The summed E-state index contributed by atoms with van der Waals surface area (Å²) in [6.07, 6.45) is 0. The lowest BCUT2D eigenvalue weighted by atomic mass is 10.0. The van der Waals surface area contributed by atoms with Crippen LogP contribution in [0.3, 0.4) is 0 Å². The van der Waals surface area contributed by atoms with E-state index in [1.165, 1.54) is 11.1 Å². The summed E-state index contributed by atoms with van der Waals surface area (Å²) in [5, 5.41) is 3.58. The summed E-state index contributed by atoms with van der Waals surface area (Å²) in [5.74, 6) is 1.53. The summed E-state index contributed by atoms with van der Waals surface area (Å²) in [6.45, 7) is 12.2. The Balaban J connectivity index is 0.00000338. The molecule has 1 heterocycles. The van der Waals surface area contributed by atoms with Gasteiger partial charge in [-0.1, -0.05) is 38.1 Å². The number of nitrogens with zero attached hydrogens (tertiary/aromatic N) is 3. The lowest BCUT2D eigenvalue weighted by molar-refractivity contribution is 0.00741. The van der Waals surface area contributed by atoms with Crippen molar-refractivity contribution in [2.24, 2.45) is 10.9 Å². The van der Waals surface area contributed by atoms with Crippen molar-refractivity contribution < 1.29 is 4.74 Å². The number of ether oxygens (including phenoxy) is 1. The second kappa shape index (κ2) is 11.8. The van der Waals surface area contributed by atoms with E-state index < -0.39 is 0 Å². The first-order chi connectivity index (χ1) is 12.0. The number of halogens is 1. The third-order valence-electron chi connectivity index (χ3n) is 5.00. The standard InChI is InChI=1S/C20H34N4O.HI/c1-16(2)19(24-10-12-25-13-11-24)14-22-20(21-4)23(5)15-18-9-7-6-8-17(18)3;/h6-9,16,19H,10-15H2,1-5H3,(H,21,22);1H. The molecule has 1 atom stereocenters. The van der Waals surface area contributed by atoms with E-state index in [1.54, 1.807) is 0 Å². The summed E-state index contributed by atoms with van der Waals surface area (Å²) >= 11 is 0. The molecule has 1 aromatic rings. The fraction of sp³-hybridized carbons (Fsp3) is 0.650. The summed E-state index contributed by atoms with van der Waals surface area (Å²) in [7, 11) is 3.96. The molecule has 0 aliphatic carbocycles. The number of guanidine groups is 1. The van der Waals surface area contributed by atoms with E-state index in [1.807, 2.05) is 7.05 Å². The maximum atomic E-state index is 5.50. The minimum absolute atomic E-state index is 0. The van der Waals surface area contributed by atoms with Crippen LogP contribution < -0.4 is 5.32 Å². The van der Waals surface area contributed by atoms with E-state index in [0.29, 0.717) is 12.0 Å². The van der Waals surface area contributed by atoms with Gasteiger partial charge in [0.2, 0.25) is 0 Å². The highest BCUT2D eigenvalue weighted by Crippen LogP contribution is 2.13.